The molecular weight excluding hydrogens is 687 g/mol. The van der Waals surface area contributed by atoms with Gasteiger partial charge in [0.05, 0.1) is 5.56 Å². The number of rotatable bonds is 6. The smallest absolute Gasteiger partial charge is 0.167 e. The number of allylic oxidation sites excluding steroid dienone is 4. The third kappa shape index (κ3) is 5.44. The van der Waals surface area contributed by atoms with Crippen molar-refractivity contribution in [3.05, 3.63) is 182 Å². The summed E-state index contributed by atoms with van der Waals surface area (Å²) in [5.41, 5.74) is 12.5. The summed E-state index contributed by atoms with van der Waals surface area (Å²) in [7, 11) is 0. The van der Waals surface area contributed by atoms with Gasteiger partial charge in [-0.1, -0.05) is 146 Å². The van der Waals surface area contributed by atoms with Gasteiger partial charge < -0.3 is 8.83 Å². The van der Waals surface area contributed by atoms with Gasteiger partial charge in [-0.2, -0.15) is 0 Å². The van der Waals surface area contributed by atoms with Crippen LogP contribution < -0.4 is 0 Å². The Morgan fingerprint density at radius 3 is 1.84 bits per heavy atom. The second-order valence-electron chi connectivity index (χ2n) is 14.2. The first-order valence-corrected chi connectivity index (χ1v) is 19.0. The summed E-state index contributed by atoms with van der Waals surface area (Å²) in [5, 5.41) is 4.03. The van der Waals surface area contributed by atoms with Crippen LogP contribution in [0.2, 0.25) is 0 Å². The molecule has 264 valence electrons. The maximum absolute atomic E-state index is 6.54. The number of para-hydroxylation sites is 3. The molecular formula is C51H33N3O2. The Balaban J connectivity index is 1.17. The summed E-state index contributed by atoms with van der Waals surface area (Å²) in [4.78, 5) is 15.9. The van der Waals surface area contributed by atoms with Crippen molar-refractivity contribution in [1.29, 1.82) is 0 Å². The third-order valence-corrected chi connectivity index (χ3v) is 10.8. The SMILES string of the molecule is C1=CC(c2ccc(-c3ccc4oc5ccccc5c4c3-c3nc(-c4ccc(-c5ccccc5)cc4)nc(-c4cccc5c4oc4ccccc45)n3)cc2)=CCC1. The van der Waals surface area contributed by atoms with E-state index in [0.29, 0.717) is 17.5 Å². The molecule has 0 atom stereocenters. The maximum atomic E-state index is 6.54. The van der Waals surface area contributed by atoms with Crippen LogP contribution in [0.15, 0.2) is 185 Å². The quantitative estimate of drug-likeness (QED) is 0.171. The summed E-state index contributed by atoms with van der Waals surface area (Å²) in [6.45, 7) is 0. The predicted molar refractivity (Wildman–Crippen MR) is 228 cm³/mol. The predicted octanol–water partition coefficient (Wildman–Crippen LogP) is 13.7. The summed E-state index contributed by atoms with van der Waals surface area (Å²) < 4.78 is 13.0. The minimum Gasteiger partial charge on any atom is -0.456 e. The first-order chi connectivity index (χ1) is 27.7. The van der Waals surface area contributed by atoms with E-state index in [1.54, 1.807) is 0 Å². The molecule has 0 N–H and O–H groups in total. The standard InChI is InChI=1S/C51H33N3O2/c1-3-12-32(13-4-1)34-22-26-36(27-23-34)38-30-31-45-46(41-17-8-10-21-44(41)55-45)47(38)51-53-49(37-28-24-35(25-29-37)33-14-5-2-6-15-33)52-50(54-51)42-19-11-18-40-39-16-7-9-20-43(39)56-48(40)42/h2-3,5-31H,1,4H2. The second-order valence-corrected chi connectivity index (χ2v) is 14.2. The van der Waals surface area contributed by atoms with Gasteiger partial charge in [-0.3, -0.25) is 0 Å². The Morgan fingerprint density at radius 1 is 0.393 bits per heavy atom. The maximum Gasteiger partial charge on any atom is 0.167 e. The van der Waals surface area contributed by atoms with Crippen LogP contribution in [0.1, 0.15) is 18.4 Å². The van der Waals surface area contributed by atoms with Gasteiger partial charge in [0.25, 0.3) is 0 Å². The fraction of sp³-hybridized carbons (Fsp3) is 0.0392. The van der Waals surface area contributed by atoms with Gasteiger partial charge in [-0.25, -0.2) is 15.0 Å². The van der Waals surface area contributed by atoms with Gasteiger partial charge in [0.15, 0.2) is 17.5 Å². The molecule has 56 heavy (non-hydrogen) atoms. The highest BCUT2D eigenvalue weighted by Crippen LogP contribution is 2.43. The first kappa shape index (κ1) is 32.1. The molecule has 0 amide bonds. The van der Waals surface area contributed by atoms with E-state index in [4.69, 9.17) is 23.8 Å². The molecule has 11 rings (SSSR count). The molecule has 7 aromatic carbocycles. The number of hydrogen-bond donors (Lipinski definition) is 0. The minimum absolute atomic E-state index is 0.531. The van der Waals surface area contributed by atoms with Gasteiger partial charge in [0, 0.05) is 32.7 Å². The lowest BCUT2D eigenvalue weighted by Gasteiger charge is -2.14. The molecule has 10 aromatic rings. The molecule has 3 heterocycles. The van der Waals surface area contributed by atoms with Crippen LogP contribution in [0.3, 0.4) is 0 Å². The molecule has 0 aliphatic heterocycles. The van der Waals surface area contributed by atoms with E-state index in [1.807, 2.05) is 48.5 Å². The number of aromatic nitrogens is 3. The Hall–Kier alpha value is -7.37. The average Bonchev–Trinajstić information content (AvgIpc) is 3.85. The fourth-order valence-electron chi connectivity index (χ4n) is 8.06. The van der Waals surface area contributed by atoms with E-state index in [2.05, 4.69) is 127 Å². The number of fused-ring (bicyclic) bond motifs is 6. The Morgan fingerprint density at radius 2 is 1.04 bits per heavy atom. The zero-order valence-corrected chi connectivity index (χ0v) is 30.3. The van der Waals surface area contributed by atoms with E-state index in [-0.39, 0.29) is 0 Å². The molecule has 1 aliphatic carbocycles. The fourth-order valence-corrected chi connectivity index (χ4v) is 8.06. The number of nitrogens with zero attached hydrogens (tertiary/aromatic N) is 3. The van der Waals surface area contributed by atoms with E-state index in [0.717, 1.165) is 95.7 Å². The molecule has 5 nitrogen and oxygen atoms in total. The molecule has 5 heteroatoms. The van der Waals surface area contributed by atoms with Crippen LogP contribution in [0.5, 0.6) is 0 Å². The van der Waals surface area contributed by atoms with Crippen LogP contribution >= 0.6 is 0 Å². The summed E-state index contributed by atoms with van der Waals surface area (Å²) >= 11 is 0. The van der Waals surface area contributed by atoms with E-state index >= 15 is 0 Å². The highest BCUT2D eigenvalue weighted by atomic mass is 16.3. The molecule has 0 spiro atoms. The van der Waals surface area contributed by atoms with Crippen molar-refractivity contribution in [3.8, 4) is 56.4 Å². The summed E-state index contributed by atoms with van der Waals surface area (Å²) in [6.07, 6.45) is 8.92. The van der Waals surface area contributed by atoms with Crippen molar-refractivity contribution in [2.75, 3.05) is 0 Å². The van der Waals surface area contributed by atoms with Gasteiger partial charge in [0.1, 0.15) is 22.3 Å². The molecule has 0 bridgehead atoms. The van der Waals surface area contributed by atoms with E-state index in [1.165, 1.54) is 11.1 Å². The first-order valence-electron chi connectivity index (χ1n) is 19.0. The molecule has 0 saturated carbocycles. The Kier molecular flexibility index (Phi) is 7.56. The molecule has 0 radical (unpaired) electrons. The Bertz CT molecular complexity index is 3170. The lowest BCUT2D eigenvalue weighted by molar-refractivity contribution is 0.668. The summed E-state index contributed by atoms with van der Waals surface area (Å²) in [6, 6.07) is 54.3. The van der Waals surface area contributed by atoms with Crippen molar-refractivity contribution in [2.45, 2.75) is 12.8 Å². The minimum atomic E-state index is 0.531. The lowest BCUT2D eigenvalue weighted by Crippen LogP contribution is -2.02. The average molecular weight is 720 g/mol. The van der Waals surface area contributed by atoms with Gasteiger partial charge >= 0.3 is 0 Å². The van der Waals surface area contributed by atoms with Gasteiger partial charge in [0.2, 0.25) is 0 Å². The second kappa shape index (κ2) is 13.2. The van der Waals surface area contributed by atoms with E-state index in [9.17, 15) is 0 Å². The van der Waals surface area contributed by atoms with Crippen LogP contribution in [0.4, 0.5) is 0 Å². The molecule has 1 aliphatic rings. The highest BCUT2D eigenvalue weighted by Gasteiger charge is 2.23. The van der Waals surface area contributed by atoms with Crippen molar-refractivity contribution in [1.82, 2.24) is 15.0 Å². The van der Waals surface area contributed by atoms with Crippen molar-refractivity contribution in [2.24, 2.45) is 0 Å². The molecule has 3 aromatic heterocycles. The lowest BCUT2D eigenvalue weighted by atomic mass is 9.92. The molecule has 0 unspecified atom stereocenters. The highest BCUT2D eigenvalue weighted by molar-refractivity contribution is 6.15. The van der Waals surface area contributed by atoms with Gasteiger partial charge in [-0.05, 0) is 76.6 Å². The number of benzene rings is 7. The zero-order chi connectivity index (χ0) is 37.0. The summed E-state index contributed by atoms with van der Waals surface area (Å²) in [5.74, 6) is 1.66. The third-order valence-electron chi connectivity index (χ3n) is 10.8. The topological polar surface area (TPSA) is 65.0 Å². The van der Waals surface area contributed by atoms with Crippen molar-refractivity contribution < 1.29 is 8.83 Å². The van der Waals surface area contributed by atoms with Crippen molar-refractivity contribution in [3.63, 3.8) is 0 Å². The Labute approximate surface area is 322 Å². The number of furan rings is 2. The zero-order valence-electron chi connectivity index (χ0n) is 30.3. The van der Waals surface area contributed by atoms with Crippen molar-refractivity contribution >= 4 is 49.5 Å². The van der Waals surface area contributed by atoms with Crippen LogP contribution in [-0.4, -0.2) is 15.0 Å². The molecule has 0 fully saturated rings. The monoisotopic (exact) mass is 719 g/mol. The normalized spacial score (nSPS) is 12.9. The largest absolute Gasteiger partial charge is 0.456 e. The van der Waals surface area contributed by atoms with Crippen LogP contribution in [0, 0.1) is 0 Å². The molecule has 0 saturated heterocycles. The number of hydrogen-bond acceptors (Lipinski definition) is 5. The van der Waals surface area contributed by atoms with Gasteiger partial charge in [-0.15, -0.1) is 0 Å². The van der Waals surface area contributed by atoms with E-state index < -0.39 is 0 Å². The van der Waals surface area contributed by atoms with Crippen LogP contribution in [0.25, 0.3) is 106 Å². The van der Waals surface area contributed by atoms with Crippen LogP contribution in [-0.2, 0) is 0 Å².